The summed E-state index contributed by atoms with van der Waals surface area (Å²) in [6.45, 7) is 0. The molecule has 0 aliphatic heterocycles. The van der Waals surface area contributed by atoms with Gasteiger partial charge in [-0.1, -0.05) is 37.1 Å². The Bertz CT molecular complexity index is 557. The summed E-state index contributed by atoms with van der Waals surface area (Å²) < 4.78 is 0. The third-order valence-corrected chi connectivity index (χ3v) is 4.61. The SMILES string of the molecule is O=C(Cc1cccc(C2CC2)c1)NC1(C(=O)O)CCCC1. The van der Waals surface area contributed by atoms with Crippen LogP contribution in [0.4, 0.5) is 0 Å². The summed E-state index contributed by atoms with van der Waals surface area (Å²) in [5.41, 5.74) is 1.23. The minimum Gasteiger partial charge on any atom is -0.480 e. The number of hydrogen-bond donors (Lipinski definition) is 2. The van der Waals surface area contributed by atoms with Gasteiger partial charge in [0.25, 0.3) is 0 Å². The summed E-state index contributed by atoms with van der Waals surface area (Å²) in [6, 6.07) is 8.11. The van der Waals surface area contributed by atoms with Crippen LogP contribution >= 0.6 is 0 Å². The lowest BCUT2D eigenvalue weighted by molar-refractivity contribution is -0.147. The van der Waals surface area contributed by atoms with Crippen LogP contribution in [0.1, 0.15) is 55.6 Å². The second kappa shape index (κ2) is 5.51. The van der Waals surface area contributed by atoms with Gasteiger partial charge in [0.1, 0.15) is 5.54 Å². The Morgan fingerprint density at radius 3 is 2.57 bits per heavy atom. The van der Waals surface area contributed by atoms with E-state index in [1.54, 1.807) is 0 Å². The number of rotatable bonds is 5. The molecule has 1 amide bonds. The van der Waals surface area contributed by atoms with Gasteiger partial charge in [-0.05, 0) is 42.7 Å². The molecular formula is C17H21NO3. The van der Waals surface area contributed by atoms with Gasteiger partial charge in [-0.15, -0.1) is 0 Å². The highest BCUT2D eigenvalue weighted by Crippen LogP contribution is 2.40. The molecule has 0 saturated heterocycles. The maximum Gasteiger partial charge on any atom is 0.329 e. The van der Waals surface area contributed by atoms with E-state index in [0.717, 1.165) is 18.4 Å². The normalized spacial score (nSPS) is 20.2. The molecule has 0 spiro atoms. The Morgan fingerprint density at radius 1 is 1.24 bits per heavy atom. The Labute approximate surface area is 124 Å². The average Bonchev–Trinajstić information content (AvgIpc) is 3.19. The third kappa shape index (κ3) is 3.09. The number of amides is 1. The molecule has 0 heterocycles. The molecule has 4 heteroatoms. The van der Waals surface area contributed by atoms with Crippen molar-refractivity contribution in [3.63, 3.8) is 0 Å². The van der Waals surface area contributed by atoms with Crippen LogP contribution in [-0.2, 0) is 16.0 Å². The molecule has 2 N–H and O–H groups in total. The first kappa shape index (κ1) is 14.1. The first-order valence-electron chi connectivity index (χ1n) is 7.72. The standard InChI is InChI=1S/C17H21NO3/c19-15(18-17(16(20)21)8-1-2-9-17)11-12-4-3-5-14(10-12)13-6-7-13/h3-5,10,13H,1-2,6-9,11H2,(H,18,19)(H,20,21). The van der Waals surface area contributed by atoms with Gasteiger partial charge in [0.2, 0.25) is 5.91 Å². The Balaban J connectivity index is 1.65. The predicted octanol–water partition coefficient (Wildman–Crippen LogP) is 2.62. The van der Waals surface area contributed by atoms with Gasteiger partial charge in [-0.25, -0.2) is 4.79 Å². The monoisotopic (exact) mass is 287 g/mol. The Morgan fingerprint density at radius 2 is 1.95 bits per heavy atom. The number of aliphatic carboxylic acids is 1. The third-order valence-electron chi connectivity index (χ3n) is 4.61. The molecule has 2 aliphatic rings. The molecule has 0 radical (unpaired) electrons. The van der Waals surface area contributed by atoms with Crippen molar-refractivity contribution in [1.29, 1.82) is 0 Å². The topological polar surface area (TPSA) is 66.4 Å². The van der Waals surface area contributed by atoms with Gasteiger partial charge in [0.05, 0.1) is 6.42 Å². The molecule has 2 aliphatic carbocycles. The number of nitrogens with one attached hydrogen (secondary N) is 1. The Kier molecular flexibility index (Phi) is 3.70. The smallest absolute Gasteiger partial charge is 0.329 e. The summed E-state index contributed by atoms with van der Waals surface area (Å²) >= 11 is 0. The maximum absolute atomic E-state index is 12.2. The van der Waals surface area contributed by atoms with Crippen molar-refractivity contribution in [3.8, 4) is 0 Å². The predicted molar refractivity (Wildman–Crippen MR) is 79.1 cm³/mol. The van der Waals surface area contributed by atoms with E-state index in [1.807, 2.05) is 12.1 Å². The molecule has 2 saturated carbocycles. The zero-order valence-corrected chi connectivity index (χ0v) is 12.1. The lowest BCUT2D eigenvalue weighted by atomic mass is 9.97. The summed E-state index contributed by atoms with van der Waals surface area (Å²) in [5, 5.41) is 12.2. The molecule has 2 fully saturated rings. The summed E-state index contributed by atoms with van der Waals surface area (Å²) in [5.74, 6) is -0.430. The average molecular weight is 287 g/mol. The number of hydrogen-bond acceptors (Lipinski definition) is 2. The van der Waals surface area contributed by atoms with Crippen molar-refractivity contribution in [2.24, 2.45) is 0 Å². The number of benzene rings is 1. The van der Waals surface area contributed by atoms with Gasteiger partial charge in [0.15, 0.2) is 0 Å². The molecule has 4 nitrogen and oxygen atoms in total. The van der Waals surface area contributed by atoms with Crippen molar-refractivity contribution in [2.45, 2.75) is 56.4 Å². The van der Waals surface area contributed by atoms with Crippen molar-refractivity contribution in [3.05, 3.63) is 35.4 Å². The molecule has 1 aromatic carbocycles. The first-order valence-corrected chi connectivity index (χ1v) is 7.72. The van der Waals surface area contributed by atoms with Crippen LogP contribution in [0.15, 0.2) is 24.3 Å². The van der Waals surface area contributed by atoms with E-state index in [-0.39, 0.29) is 12.3 Å². The fourth-order valence-corrected chi connectivity index (χ4v) is 3.24. The van der Waals surface area contributed by atoms with Crippen LogP contribution in [0, 0.1) is 0 Å². The van der Waals surface area contributed by atoms with Crippen LogP contribution in [0.2, 0.25) is 0 Å². The largest absolute Gasteiger partial charge is 0.480 e. The second-order valence-corrected chi connectivity index (χ2v) is 6.34. The van der Waals surface area contributed by atoms with E-state index in [0.29, 0.717) is 18.8 Å². The number of carboxylic acid groups (broad SMARTS) is 1. The van der Waals surface area contributed by atoms with Crippen LogP contribution in [0.25, 0.3) is 0 Å². The minimum atomic E-state index is -1.04. The van der Waals surface area contributed by atoms with Gasteiger partial charge in [-0.2, -0.15) is 0 Å². The highest BCUT2D eigenvalue weighted by Gasteiger charge is 2.42. The summed E-state index contributed by atoms with van der Waals surface area (Å²) in [4.78, 5) is 23.6. The minimum absolute atomic E-state index is 0.188. The van der Waals surface area contributed by atoms with E-state index in [2.05, 4.69) is 17.4 Å². The zero-order chi connectivity index (χ0) is 14.9. The van der Waals surface area contributed by atoms with Crippen molar-refractivity contribution in [2.75, 3.05) is 0 Å². The number of carbonyl (C=O) groups excluding carboxylic acids is 1. The first-order chi connectivity index (χ1) is 10.1. The summed E-state index contributed by atoms with van der Waals surface area (Å²) in [7, 11) is 0. The molecule has 112 valence electrons. The van der Waals surface area contributed by atoms with Crippen LogP contribution in [0.3, 0.4) is 0 Å². The van der Waals surface area contributed by atoms with Gasteiger partial charge in [-0.3, -0.25) is 4.79 Å². The molecule has 1 aromatic rings. The molecule has 0 aromatic heterocycles. The number of carbonyl (C=O) groups is 2. The fourth-order valence-electron chi connectivity index (χ4n) is 3.24. The highest BCUT2D eigenvalue weighted by atomic mass is 16.4. The van der Waals surface area contributed by atoms with Crippen LogP contribution < -0.4 is 5.32 Å². The van der Waals surface area contributed by atoms with E-state index < -0.39 is 11.5 Å². The molecule has 3 rings (SSSR count). The highest BCUT2D eigenvalue weighted by molar-refractivity contribution is 5.88. The van der Waals surface area contributed by atoms with Crippen LogP contribution in [0.5, 0.6) is 0 Å². The Hall–Kier alpha value is -1.84. The van der Waals surface area contributed by atoms with Crippen molar-refractivity contribution < 1.29 is 14.7 Å². The maximum atomic E-state index is 12.2. The van der Waals surface area contributed by atoms with Gasteiger partial charge in [0, 0.05) is 0 Å². The van der Waals surface area contributed by atoms with Gasteiger partial charge < -0.3 is 10.4 Å². The lowest BCUT2D eigenvalue weighted by Gasteiger charge is -2.25. The molecule has 21 heavy (non-hydrogen) atoms. The van der Waals surface area contributed by atoms with Gasteiger partial charge >= 0.3 is 5.97 Å². The molecular weight excluding hydrogens is 266 g/mol. The zero-order valence-electron chi connectivity index (χ0n) is 12.1. The number of carboxylic acids is 1. The second-order valence-electron chi connectivity index (χ2n) is 6.34. The van der Waals surface area contributed by atoms with E-state index >= 15 is 0 Å². The lowest BCUT2D eigenvalue weighted by Crippen LogP contribution is -2.52. The van der Waals surface area contributed by atoms with E-state index in [9.17, 15) is 14.7 Å². The van der Waals surface area contributed by atoms with Crippen molar-refractivity contribution in [1.82, 2.24) is 5.32 Å². The fraction of sp³-hybridized carbons (Fsp3) is 0.529. The quantitative estimate of drug-likeness (QED) is 0.875. The molecule has 0 bridgehead atoms. The summed E-state index contributed by atoms with van der Waals surface area (Å²) in [6.07, 6.45) is 5.53. The van der Waals surface area contributed by atoms with Crippen LogP contribution in [-0.4, -0.2) is 22.5 Å². The molecule has 0 unspecified atom stereocenters. The molecule has 0 atom stereocenters. The van der Waals surface area contributed by atoms with E-state index in [4.69, 9.17) is 0 Å². The van der Waals surface area contributed by atoms with E-state index in [1.165, 1.54) is 18.4 Å². The van der Waals surface area contributed by atoms with Crippen molar-refractivity contribution >= 4 is 11.9 Å².